The second kappa shape index (κ2) is 5.74. The van der Waals surface area contributed by atoms with Gasteiger partial charge in [0.15, 0.2) is 0 Å². The largest absolute Gasteiger partial charge is 0.396 e. The van der Waals surface area contributed by atoms with Gasteiger partial charge in [-0.05, 0) is 24.3 Å². The lowest BCUT2D eigenvalue weighted by Gasteiger charge is -2.33. The van der Waals surface area contributed by atoms with Crippen molar-refractivity contribution in [3.05, 3.63) is 65.9 Å². The van der Waals surface area contributed by atoms with Crippen molar-refractivity contribution in [3.8, 4) is 0 Å². The molecule has 1 N–H and O–H groups in total. The maximum absolute atomic E-state index is 14.3. The molecular formula is C18H18F2N2O. The molecule has 1 heterocycles. The molecule has 1 atom stereocenters. The number of aliphatic hydroxyl groups excluding tert-OH is 1. The normalized spacial score (nSPS) is 13.4. The summed E-state index contributed by atoms with van der Waals surface area (Å²) in [6, 6.07) is 10.3. The first-order chi connectivity index (χ1) is 10.9. The lowest BCUT2D eigenvalue weighted by Crippen LogP contribution is -2.32. The van der Waals surface area contributed by atoms with E-state index < -0.39 is 23.1 Å². The molecule has 3 aromatic rings. The summed E-state index contributed by atoms with van der Waals surface area (Å²) in [6.07, 6.45) is 1.79. The quantitative estimate of drug-likeness (QED) is 0.792. The van der Waals surface area contributed by atoms with E-state index in [0.29, 0.717) is 0 Å². The molecule has 1 unspecified atom stereocenters. The van der Waals surface area contributed by atoms with Gasteiger partial charge in [-0.2, -0.15) is 5.10 Å². The summed E-state index contributed by atoms with van der Waals surface area (Å²) in [5.41, 5.74) is 0.219. The lowest BCUT2D eigenvalue weighted by molar-refractivity contribution is 0.111. The van der Waals surface area contributed by atoms with Crippen LogP contribution in [0.5, 0.6) is 0 Å². The third kappa shape index (κ3) is 2.84. The van der Waals surface area contributed by atoms with Crippen molar-refractivity contribution in [1.29, 1.82) is 0 Å². The summed E-state index contributed by atoms with van der Waals surface area (Å²) in [5.74, 6) is -1.03. The SMILES string of the molecule is CC(C)(CO)C(c1cc(F)ccc1F)n1cc2ccccc2n1. The highest BCUT2D eigenvalue weighted by molar-refractivity contribution is 5.77. The van der Waals surface area contributed by atoms with E-state index in [2.05, 4.69) is 5.10 Å². The summed E-state index contributed by atoms with van der Waals surface area (Å²) in [6.45, 7) is 3.41. The molecule has 120 valence electrons. The summed E-state index contributed by atoms with van der Waals surface area (Å²) >= 11 is 0. The molecule has 1 aromatic heterocycles. The Morgan fingerprint density at radius 3 is 2.61 bits per heavy atom. The van der Waals surface area contributed by atoms with Crippen LogP contribution in [0.15, 0.2) is 48.7 Å². The summed E-state index contributed by atoms with van der Waals surface area (Å²) in [4.78, 5) is 0. The van der Waals surface area contributed by atoms with Gasteiger partial charge in [-0.25, -0.2) is 8.78 Å². The van der Waals surface area contributed by atoms with Gasteiger partial charge in [-0.3, -0.25) is 4.68 Å². The lowest BCUT2D eigenvalue weighted by atomic mass is 9.81. The Morgan fingerprint density at radius 1 is 1.17 bits per heavy atom. The fourth-order valence-corrected chi connectivity index (χ4v) is 2.85. The van der Waals surface area contributed by atoms with Gasteiger partial charge in [0.05, 0.1) is 18.2 Å². The smallest absolute Gasteiger partial charge is 0.128 e. The van der Waals surface area contributed by atoms with E-state index >= 15 is 0 Å². The molecule has 0 fully saturated rings. The average Bonchev–Trinajstić information content (AvgIpc) is 2.94. The van der Waals surface area contributed by atoms with Crippen molar-refractivity contribution in [3.63, 3.8) is 0 Å². The van der Waals surface area contributed by atoms with E-state index in [9.17, 15) is 13.9 Å². The van der Waals surface area contributed by atoms with Crippen molar-refractivity contribution in [2.45, 2.75) is 19.9 Å². The molecule has 2 aromatic carbocycles. The Labute approximate surface area is 133 Å². The van der Waals surface area contributed by atoms with Crippen molar-refractivity contribution < 1.29 is 13.9 Å². The number of aliphatic hydroxyl groups is 1. The van der Waals surface area contributed by atoms with Crippen molar-refractivity contribution >= 4 is 10.9 Å². The number of fused-ring (bicyclic) bond motifs is 1. The van der Waals surface area contributed by atoms with Crippen LogP contribution >= 0.6 is 0 Å². The Bertz CT molecular complexity index is 809. The maximum Gasteiger partial charge on any atom is 0.128 e. The van der Waals surface area contributed by atoms with Crippen LogP contribution in [0.1, 0.15) is 25.5 Å². The van der Waals surface area contributed by atoms with Gasteiger partial charge >= 0.3 is 0 Å². The molecule has 0 spiro atoms. The van der Waals surface area contributed by atoms with Crippen LogP contribution < -0.4 is 0 Å². The molecule has 0 amide bonds. The summed E-state index contributed by atoms with van der Waals surface area (Å²) < 4.78 is 29.6. The number of nitrogens with zero attached hydrogens (tertiary/aromatic N) is 2. The van der Waals surface area contributed by atoms with Crippen molar-refractivity contribution in [2.75, 3.05) is 6.61 Å². The van der Waals surface area contributed by atoms with Crippen LogP contribution in [0.25, 0.3) is 10.9 Å². The van der Waals surface area contributed by atoms with Crippen LogP contribution in [0, 0.1) is 17.0 Å². The molecule has 3 rings (SSSR count). The Kier molecular flexibility index (Phi) is 3.90. The number of rotatable bonds is 4. The summed E-state index contributed by atoms with van der Waals surface area (Å²) in [5, 5.41) is 15.2. The number of halogens is 2. The second-order valence-corrected chi connectivity index (χ2v) is 6.38. The number of hydrogen-bond acceptors (Lipinski definition) is 2. The fraction of sp³-hybridized carbons (Fsp3) is 0.278. The van der Waals surface area contributed by atoms with Gasteiger partial charge in [-0.1, -0.05) is 32.0 Å². The molecule has 23 heavy (non-hydrogen) atoms. The van der Waals surface area contributed by atoms with Crippen LogP contribution in [-0.4, -0.2) is 21.5 Å². The monoisotopic (exact) mass is 316 g/mol. The minimum Gasteiger partial charge on any atom is -0.396 e. The van der Waals surface area contributed by atoms with E-state index in [1.54, 1.807) is 24.7 Å². The van der Waals surface area contributed by atoms with E-state index in [1.165, 1.54) is 6.07 Å². The number of benzene rings is 2. The zero-order valence-corrected chi connectivity index (χ0v) is 13.0. The molecule has 3 nitrogen and oxygen atoms in total. The molecule has 0 aliphatic carbocycles. The van der Waals surface area contributed by atoms with Gasteiger partial charge in [-0.15, -0.1) is 0 Å². The van der Waals surface area contributed by atoms with Gasteiger partial charge in [0.2, 0.25) is 0 Å². The first kappa shape index (κ1) is 15.6. The molecule has 0 aliphatic heterocycles. The molecular weight excluding hydrogens is 298 g/mol. The Balaban J connectivity index is 2.22. The number of aromatic nitrogens is 2. The van der Waals surface area contributed by atoms with E-state index in [0.717, 1.165) is 23.0 Å². The van der Waals surface area contributed by atoms with Gasteiger partial charge in [0.25, 0.3) is 0 Å². The highest BCUT2D eigenvalue weighted by Gasteiger charge is 2.34. The standard InChI is InChI=1S/C18H18F2N2O/c1-18(2,11-23)17(14-9-13(19)7-8-15(14)20)22-10-12-5-3-4-6-16(12)21-22/h3-10,17,23H,11H2,1-2H3. The first-order valence-electron chi connectivity index (χ1n) is 7.42. The average molecular weight is 316 g/mol. The minimum atomic E-state index is -0.726. The van der Waals surface area contributed by atoms with Crippen molar-refractivity contribution in [1.82, 2.24) is 9.78 Å². The zero-order chi connectivity index (χ0) is 16.6. The van der Waals surface area contributed by atoms with Gasteiger partial charge in [0.1, 0.15) is 11.6 Å². The third-order valence-electron chi connectivity index (χ3n) is 4.10. The topological polar surface area (TPSA) is 38.0 Å². The highest BCUT2D eigenvalue weighted by atomic mass is 19.1. The maximum atomic E-state index is 14.3. The van der Waals surface area contributed by atoms with Gasteiger partial charge in [0, 0.05) is 22.6 Å². The molecule has 0 radical (unpaired) electrons. The third-order valence-corrected chi connectivity index (χ3v) is 4.10. The molecule has 0 bridgehead atoms. The molecule has 0 aliphatic rings. The molecule has 5 heteroatoms. The minimum absolute atomic E-state index is 0.178. The Hall–Kier alpha value is -2.27. The zero-order valence-electron chi connectivity index (χ0n) is 13.0. The predicted molar refractivity (Wildman–Crippen MR) is 85.1 cm³/mol. The van der Waals surface area contributed by atoms with Crippen LogP contribution in [0.3, 0.4) is 0 Å². The van der Waals surface area contributed by atoms with Crippen molar-refractivity contribution in [2.24, 2.45) is 5.41 Å². The van der Waals surface area contributed by atoms with E-state index in [-0.39, 0.29) is 12.2 Å². The van der Waals surface area contributed by atoms with Crippen LogP contribution in [0.4, 0.5) is 8.78 Å². The van der Waals surface area contributed by atoms with Gasteiger partial charge < -0.3 is 5.11 Å². The van der Waals surface area contributed by atoms with Crippen LogP contribution in [-0.2, 0) is 0 Å². The second-order valence-electron chi connectivity index (χ2n) is 6.38. The van der Waals surface area contributed by atoms with E-state index in [4.69, 9.17) is 0 Å². The van der Waals surface area contributed by atoms with Crippen LogP contribution in [0.2, 0.25) is 0 Å². The fourth-order valence-electron chi connectivity index (χ4n) is 2.85. The number of hydrogen-bond donors (Lipinski definition) is 1. The first-order valence-corrected chi connectivity index (χ1v) is 7.42. The Morgan fingerprint density at radius 2 is 1.91 bits per heavy atom. The summed E-state index contributed by atoms with van der Waals surface area (Å²) in [7, 11) is 0. The highest BCUT2D eigenvalue weighted by Crippen LogP contribution is 2.38. The van der Waals surface area contributed by atoms with E-state index in [1.807, 2.05) is 24.3 Å². The predicted octanol–water partition coefficient (Wildman–Crippen LogP) is 3.92. The molecule has 0 saturated heterocycles. The molecule has 0 saturated carbocycles.